The maximum absolute atomic E-state index is 12.7. The van der Waals surface area contributed by atoms with E-state index in [1.807, 2.05) is 25.3 Å². The summed E-state index contributed by atoms with van der Waals surface area (Å²) in [6, 6.07) is 10.4. The lowest BCUT2D eigenvalue weighted by Gasteiger charge is -2.17. The number of benzene rings is 1. The molecule has 1 atom stereocenters. The zero-order valence-corrected chi connectivity index (χ0v) is 20.3. The highest BCUT2D eigenvalue weighted by atomic mass is 32.2. The summed E-state index contributed by atoms with van der Waals surface area (Å²) in [5, 5.41) is 0. The van der Waals surface area contributed by atoms with Gasteiger partial charge < -0.3 is 18.5 Å². The average molecular weight is 489 g/mol. The molecule has 0 aliphatic rings. The fourth-order valence-corrected chi connectivity index (χ4v) is 4.77. The molecule has 9 nitrogen and oxygen atoms in total. The van der Waals surface area contributed by atoms with Crippen LogP contribution in [0.15, 0.2) is 58.0 Å². The SMILES string of the molecule is COCC(C)n1c(C)cc(C(=O)COC(=O)c2ccc(S(=O)(=O)NCc3ccco3)cc2)c1C. The maximum atomic E-state index is 12.7. The maximum Gasteiger partial charge on any atom is 0.338 e. The number of hydrogen-bond acceptors (Lipinski definition) is 7. The Labute approximate surface area is 198 Å². The van der Waals surface area contributed by atoms with Crippen LogP contribution in [0.1, 0.15) is 50.8 Å². The van der Waals surface area contributed by atoms with Gasteiger partial charge in [-0.25, -0.2) is 17.9 Å². The number of furan rings is 1. The van der Waals surface area contributed by atoms with Crippen molar-refractivity contribution in [1.29, 1.82) is 0 Å². The van der Waals surface area contributed by atoms with Crippen LogP contribution < -0.4 is 4.72 Å². The Balaban J connectivity index is 1.61. The first-order valence-corrected chi connectivity index (χ1v) is 12.1. The first kappa shape index (κ1) is 25.4. The molecule has 10 heteroatoms. The molecule has 0 fully saturated rings. The monoisotopic (exact) mass is 488 g/mol. The minimum atomic E-state index is -3.79. The molecule has 3 aromatic rings. The fraction of sp³-hybridized carbons (Fsp3) is 0.333. The number of ketones is 1. The Bertz CT molecular complexity index is 1240. The molecule has 0 aliphatic heterocycles. The summed E-state index contributed by atoms with van der Waals surface area (Å²) in [6.45, 7) is 5.82. The van der Waals surface area contributed by atoms with E-state index in [0.29, 0.717) is 17.9 Å². The van der Waals surface area contributed by atoms with Gasteiger partial charge >= 0.3 is 5.97 Å². The first-order valence-electron chi connectivity index (χ1n) is 10.6. The van der Waals surface area contributed by atoms with Crippen molar-refractivity contribution in [3.63, 3.8) is 0 Å². The van der Waals surface area contributed by atoms with Crippen LogP contribution in [0, 0.1) is 13.8 Å². The van der Waals surface area contributed by atoms with Crippen LogP contribution in [-0.2, 0) is 26.0 Å². The van der Waals surface area contributed by atoms with Crippen molar-refractivity contribution in [2.24, 2.45) is 0 Å². The molecule has 0 radical (unpaired) electrons. The van der Waals surface area contributed by atoms with E-state index in [-0.39, 0.29) is 28.8 Å². The Morgan fingerprint density at radius 3 is 2.47 bits per heavy atom. The summed E-state index contributed by atoms with van der Waals surface area (Å²) in [6.07, 6.45) is 1.45. The molecule has 0 spiro atoms. The second-order valence-corrected chi connectivity index (χ2v) is 9.65. The number of hydrogen-bond donors (Lipinski definition) is 1. The van der Waals surface area contributed by atoms with Crippen molar-refractivity contribution < 1.29 is 31.9 Å². The lowest BCUT2D eigenvalue weighted by Crippen LogP contribution is -2.23. The van der Waals surface area contributed by atoms with E-state index in [4.69, 9.17) is 13.9 Å². The summed E-state index contributed by atoms with van der Waals surface area (Å²) >= 11 is 0. The summed E-state index contributed by atoms with van der Waals surface area (Å²) < 4.78 is 44.7. The number of aromatic nitrogens is 1. The van der Waals surface area contributed by atoms with E-state index in [1.165, 1.54) is 30.5 Å². The van der Waals surface area contributed by atoms with Gasteiger partial charge in [0.25, 0.3) is 0 Å². The zero-order chi connectivity index (χ0) is 24.9. The van der Waals surface area contributed by atoms with Crippen LogP contribution >= 0.6 is 0 Å². The topological polar surface area (TPSA) is 117 Å². The van der Waals surface area contributed by atoms with Crippen LogP contribution in [0.2, 0.25) is 0 Å². The van der Waals surface area contributed by atoms with Gasteiger partial charge in [0.2, 0.25) is 15.8 Å². The third-order valence-corrected chi connectivity index (χ3v) is 6.80. The smallest absolute Gasteiger partial charge is 0.338 e. The number of carbonyl (C=O) groups is 2. The quantitative estimate of drug-likeness (QED) is 0.325. The number of sulfonamides is 1. The summed E-state index contributed by atoms with van der Waals surface area (Å²) in [5.41, 5.74) is 2.31. The number of carbonyl (C=O) groups excluding carboxylic acids is 2. The second-order valence-electron chi connectivity index (χ2n) is 7.89. The highest BCUT2D eigenvalue weighted by Gasteiger charge is 2.21. The lowest BCUT2D eigenvalue weighted by atomic mass is 10.1. The van der Waals surface area contributed by atoms with Gasteiger partial charge in [-0.3, -0.25) is 4.79 Å². The van der Waals surface area contributed by atoms with Crippen LogP contribution in [0.5, 0.6) is 0 Å². The molecule has 0 bridgehead atoms. The van der Waals surface area contributed by atoms with Gasteiger partial charge in [0.05, 0.1) is 35.9 Å². The molecule has 0 saturated carbocycles. The van der Waals surface area contributed by atoms with Gasteiger partial charge in [-0.05, 0) is 63.2 Å². The molecule has 1 unspecified atom stereocenters. The number of aryl methyl sites for hydroxylation is 1. The molecule has 3 rings (SSSR count). The number of rotatable bonds is 11. The molecule has 1 aromatic carbocycles. The van der Waals surface area contributed by atoms with E-state index in [2.05, 4.69) is 4.72 Å². The van der Waals surface area contributed by atoms with E-state index in [1.54, 1.807) is 25.3 Å². The number of esters is 1. The molecule has 34 heavy (non-hydrogen) atoms. The van der Waals surface area contributed by atoms with Crippen LogP contribution in [0.3, 0.4) is 0 Å². The van der Waals surface area contributed by atoms with Crippen molar-refractivity contribution in [2.45, 2.75) is 38.3 Å². The summed E-state index contributed by atoms with van der Waals surface area (Å²) in [7, 11) is -2.17. The van der Waals surface area contributed by atoms with E-state index >= 15 is 0 Å². The van der Waals surface area contributed by atoms with Gasteiger partial charge in [-0.1, -0.05) is 0 Å². The van der Waals surface area contributed by atoms with Crippen LogP contribution in [-0.4, -0.2) is 45.1 Å². The summed E-state index contributed by atoms with van der Waals surface area (Å²) in [4.78, 5) is 25.1. The van der Waals surface area contributed by atoms with E-state index in [9.17, 15) is 18.0 Å². The number of nitrogens with zero attached hydrogens (tertiary/aromatic N) is 1. The van der Waals surface area contributed by atoms with Gasteiger partial charge in [0, 0.05) is 24.1 Å². The van der Waals surface area contributed by atoms with Gasteiger partial charge in [-0.15, -0.1) is 0 Å². The number of methoxy groups -OCH3 is 1. The predicted molar refractivity (Wildman–Crippen MR) is 124 cm³/mol. The van der Waals surface area contributed by atoms with E-state index < -0.39 is 22.6 Å². The van der Waals surface area contributed by atoms with Crippen molar-refractivity contribution in [2.75, 3.05) is 20.3 Å². The number of ether oxygens (including phenoxy) is 2. The Hall–Kier alpha value is -3.21. The highest BCUT2D eigenvalue weighted by Crippen LogP contribution is 2.21. The molecule has 0 amide bonds. The zero-order valence-electron chi connectivity index (χ0n) is 19.5. The average Bonchev–Trinajstić information content (AvgIpc) is 3.43. The minimum Gasteiger partial charge on any atom is -0.468 e. The Kier molecular flexibility index (Phi) is 8.08. The Morgan fingerprint density at radius 1 is 1.15 bits per heavy atom. The molecule has 2 aromatic heterocycles. The summed E-state index contributed by atoms with van der Waals surface area (Å²) in [5.74, 6) is -0.566. The third kappa shape index (κ3) is 5.82. The van der Waals surface area contributed by atoms with Crippen LogP contribution in [0.25, 0.3) is 0 Å². The first-order chi connectivity index (χ1) is 16.1. The highest BCUT2D eigenvalue weighted by molar-refractivity contribution is 7.89. The fourth-order valence-electron chi connectivity index (χ4n) is 3.78. The van der Waals surface area contributed by atoms with Gasteiger partial charge in [0.15, 0.2) is 6.61 Å². The largest absolute Gasteiger partial charge is 0.468 e. The molecule has 2 heterocycles. The van der Waals surface area contributed by atoms with E-state index in [0.717, 1.165) is 11.4 Å². The minimum absolute atomic E-state index is 0.00605. The standard InChI is InChI=1S/C24H28N2O7S/c1-16-12-22(18(3)26(16)17(2)14-31-4)23(27)15-33-24(28)19-7-9-21(10-8-19)34(29,30)25-13-20-6-5-11-32-20/h5-12,17,25H,13-15H2,1-4H3. The second kappa shape index (κ2) is 10.8. The number of nitrogens with one attached hydrogen (secondary N) is 1. The molecule has 182 valence electrons. The molecule has 1 N–H and O–H groups in total. The normalized spacial score (nSPS) is 12.5. The van der Waals surface area contributed by atoms with Crippen molar-refractivity contribution in [3.05, 3.63) is 77.0 Å². The van der Waals surface area contributed by atoms with Gasteiger partial charge in [-0.2, -0.15) is 0 Å². The molecular weight excluding hydrogens is 460 g/mol. The molecule has 0 saturated heterocycles. The van der Waals surface area contributed by atoms with Gasteiger partial charge in [0.1, 0.15) is 5.76 Å². The predicted octanol–water partition coefficient (Wildman–Crippen LogP) is 3.42. The van der Waals surface area contributed by atoms with Crippen molar-refractivity contribution in [3.8, 4) is 0 Å². The van der Waals surface area contributed by atoms with Crippen LogP contribution in [0.4, 0.5) is 0 Å². The van der Waals surface area contributed by atoms with Crippen molar-refractivity contribution in [1.82, 2.24) is 9.29 Å². The third-order valence-electron chi connectivity index (χ3n) is 5.38. The lowest BCUT2D eigenvalue weighted by molar-refractivity contribution is 0.0474. The van der Waals surface area contributed by atoms with Crippen molar-refractivity contribution >= 4 is 21.8 Å². The Morgan fingerprint density at radius 2 is 1.85 bits per heavy atom. The molecular formula is C24H28N2O7S. The number of Topliss-reactive ketones (excluding diaryl/α,β-unsaturated/α-hetero) is 1. The molecule has 0 aliphatic carbocycles.